The van der Waals surface area contributed by atoms with Crippen molar-refractivity contribution < 1.29 is 14.3 Å². The lowest BCUT2D eigenvalue weighted by molar-refractivity contribution is 0.0738. The molecule has 0 bridgehead atoms. The van der Waals surface area contributed by atoms with Gasteiger partial charge in [0, 0.05) is 48.7 Å². The van der Waals surface area contributed by atoms with E-state index in [4.69, 9.17) is 9.47 Å². The van der Waals surface area contributed by atoms with Gasteiger partial charge in [-0.25, -0.2) is 4.98 Å². The quantitative estimate of drug-likeness (QED) is 0.442. The normalized spacial score (nSPS) is 16.0. The van der Waals surface area contributed by atoms with Crippen LogP contribution in [0, 0.1) is 5.92 Å². The molecule has 1 amide bonds. The maximum atomic E-state index is 13.6. The molecule has 2 aromatic carbocycles. The number of benzene rings is 2. The average Bonchev–Trinajstić information content (AvgIpc) is 3.15. The zero-order valence-corrected chi connectivity index (χ0v) is 19.7. The zero-order valence-electron chi connectivity index (χ0n) is 19.7. The number of nitrogens with zero attached hydrogens (tertiary/aromatic N) is 3. The number of fused-ring (bicyclic) bond motifs is 1. The summed E-state index contributed by atoms with van der Waals surface area (Å²) in [7, 11) is 1.63. The Labute approximate surface area is 204 Å². The van der Waals surface area contributed by atoms with Gasteiger partial charge in [0.1, 0.15) is 11.6 Å². The van der Waals surface area contributed by atoms with Gasteiger partial charge < -0.3 is 19.7 Å². The number of aromatic nitrogens is 2. The third-order valence-electron chi connectivity index (χ3n) is 6.30. The summed E-state index contributed by atoms with van der Waals surface area (Å²) in [6, 6.07) is 19.5. The van der Waals surface area contributed by atoms with Crippen LogP contribution in [-0.2, 0) is 11.2 Å². The van der Waals surface area contributed by atoms with Gasteiger partial charge in [-0.3, -0.25) is 9.78 Å². The average molecular weight is 469 g/mol. The van der Waals surface area contributed by atoms with Gasteiger partial charge in [-0.1, -0.05) is 18.2 Å². The SMILES string of the molecule is COc1ccc(Nc2ncccc2C(=O)N2CCOC[C@@H](Cc3cccc4cnccc34)C2)cc1. The van der Waals surface area contributed by atoms with Crippen LogP contribution in [0.15, 0.2) is 79.3 Å². The van der Waals surface area contributed by atoms with E-state index in [0.29, 0.717) is 37.7 Å². The second-order valence-corrected chi connectivity index (χ2v) is 8.66. The minimum absolute atomic E-state index is 0.0493. The van der Waals surface area contributed by atoms with Crippen molar-refractivity contribution in [3.05, 3.63) is 90.4 Å². The summed E-state index contributed by atoms with van der Waals surface area (Å²) in [5.41, 5.74) is 2.62. The Morgan fingerprint density at radius 2 is 2.00 bits per heavy atom. The van der Waals surface area contributed by atoms with E-state index in [9.17, 15) is 4.79 Å². The predicted molar refractivity (Wildman–Crippen MR) is 136 cm³/mol. The molecule has 4 aromatic rings. The van der Waals surface area contributed by atoms with Crippen molar-refractivity contribution in [2.75, 3.05) is 38.7 Å². The molecule has 3 heterocycles. The first kappa shape index (κ1) is 22.8. The fourth-order valence-electron chi connectivity index (χ4n) is 4.53. The maximum Gasteiger partial charge on any atom is 0.257 e. The molecule has 35 heavy (non-hydrogen) atoms. The molecule has 1 aliphatic rings. The molecule has 1 N–H and O–H groups in total. The van der Waals surface area contributed by atoms with E-state index in [-0.39, 0.29) is 11.8 Å². The summed E-state index contributed by atoms with van der Waals surface area (Å²) in [6.45, 7) is 2.31. The number of amides is 1. The van der Waals surface area contributed by atoms with Gasteiger partial charge in [0.05, 0.1) is 25.9 Å². The molecule has 1 atom stereocenters. The van der Waals surface area contributed by atoms with E-state index < -0.39 is 0 Å². The Morgan fingerprint density at radius 1 is 1.11 bits per heavy atom. The number of anilines is 2. The van der Waals surface area contributed by atoms with Crippen LogP contribution in [0.4, 0.5) is 11.5 Å². The van der Waals surface area contributed by atoms with E-state index in [2.05, 4.69) is 39.6 Å². The van der Waals surface area contributed by atoms with Crippen LogP contribution in [0.2, 0.25) is 0 Å². The number of carbonyl (C=O) groups excluding carboxylic acids is 1. The lowest BCUT2D eigenvalue weighted by Gasteiger charge is -2.25. The molecule has 7 heteroatoms. The predicted octanol–water partition coefficient (Wildman–Crippen LogP) is 4.71. The van der Waals surface area contributed by atoms with Gasteiger partial charge in [0.15, 0.2) is 0 Å². The van der Waals surface area contributed by atoms with Crippen LogP contribution in [0.1, 0.15) is 15.9 Å². The third-order valence-corrected chi connectivity index (χ3v) is 6.30. The molecule has 0 aliphatic carbocycles. The van der Waals surface area contributed by atoms with Crippen molar-refractivity contribution >= 4 is 28.2 Å². The number of ether oxygens (including phenoxy) is 2. The number of hydrogen-bond acceptors (Lipinski definition) is 6. The van der Waals surface area contributed by atoms with Crippen LogP contribution >= 0.6 is 0 Å². The highest BCUT2D eigenvalue weighted by Gasteiger charge is 2.26. The van der Waals surface area contributed by atoms with Gasteiger partial charge in [-0.15, -0.1) is 0 Å². The smallest absolute Gasteiger partial charge is 0.257 e. The molecule has 0 radical (unpaired) electrons. The standard InChI is InChI=1S/C28H28N4O3/c1-34-24-9-7-23(8-10-24)31-27-26(6-3-12-30-27)28(33)32-14-15-35-19-20(18-32)16-21-4-2-5-22-17-29-13-11-25(21)22/h2-13,17,20H,14-16,18-19H2,1H3,(H,30,31)/t20-/m0/s1. The Morgan fingerprint density at radius 3 is 2.86 bits per heavy atom. The first-order valence-corrected chi connectivity index (χ1v) is 11.8. The Hall–Kier alpha value is -3.97. The minimum Gasteiger partial charge on any atom is -0.497 e. The highest BCUT2D eigenvalue weighted by atomic mass is 16.5. The summed E-state index contributed by atoms with van der Waals surface area (Å²) in [6.07, 6.45) is 6.23. The number of carbonyl (C=O) groups is 1. The lowest BCUT2D eigenvalue weighted by atomic mass is 9.95. The Bertz CT molecular complexity index is 1300. The molecule has 1 aliphatic heterocycles. The number of rotatable bonds is 6. The number of methoxy groups -OCH3 is 1. The van der Waals surface area contributed by atoms with Gasteiger partial charge in [-0.2, -0.15) is 0 Å². The molecule has 178 valence electrons. The molecular formula is C28H28N4O3. The number of hydrogen-bond donors (Lipinski definition) is 1. The van der Waals surface area contributed by atoms with Crippen molar-refractivity contribution in [1.82, 2.24) is 14.9 Å². The van der Waals surface area contributed by atoms with Crippen LogP contribution in [0.5, 0.6) is 5.75 Å². The molecule has 7 nitrogen and oxygen atoms in total. The van der Waals surface area contributed by atoms with Crippen LogP contribution in [0.25, 0.3) is 10.8 Å². The van der Waals surface area contributed by atoms with E-state index in [1.165, 1.54) is 10.9 Å². The summed E-state index contributed by atoms with van der Waals surface area (Å²) in [4.78, 5) is 24.2. The zero-order chi connectivity index (χ0) is 24.0. The van der Waals surface area contributed by atoms with Crippen LogP contribution in [-0.4, -0.2) is 54.2 Å². The summed E-state index contributed by atoms with van der Waals surface area (Å²) in [5, 5.41) is 5.60. The highest BCUT2D eigenvalue weighted by Crippen LogP contribution is 2.25. The first-order chi connectivity index (χ1) is 17.2. The lowest BCUT2D eigenvalue weighted by Crippen LogP contribution is -2.36. The second kappa shape index (κ2) is 10.5. The Balaban J connectivity index is 1.34. The summed E-state index contributed by atoms with van der Waals surface area (Å²) in [5.74, 6) is 1.44. The number of nitrogens with one attached hydrogen (secondary N) is 1. The molecule has 1 fully saturated rings. The van der Waals surface area contributed by atoms with Gasteiger partial charge in [0.2, 0.25) is 0 Å². The first-order valence-electron chi connectivity index (χ1n) is 11.8. The number of pyridine rings is 2. The fraction of sp³-hybridized carbons (Fsp3) is 0.250. The monoisotopic (exact) mass is 468 g/mol. The topological polar surface area (TPSA) is 76.6 Å². The molecule has 0 spiro atoms. The minimum atomic E-state index is -0.0493. The van der Waals surface area contributed by atoms with Crippen LogP contribution in [0.3, 0.4) is 0 Å². The Kier molecular flexibility index (Phi) is 6.86. The van der Waals surface area contributed by atoms with Crippen molar-refractivity contribution in [1.29, 1.82) is 0 Å². The van der Waals surface area contributed by atoms with E-state index >= 15 is 0 Å². The molecule has 0 saturated carbocycles. The largest absolute Gasteiger partial charge is 0.497 e. The van der Waals surface area contributed by atoms with Crippen molar-refractivity contribution in [3.63, 3.8) is 0 Å². The van der Waals surface area contributed by atoms with Crippen molar-refractivity contribution in [2.24, 2.45) is 5.92 Å². The molecular weight excluding hydrogens is 440 g/mol. The molecule has 1 saturated heterocycles. The van der Waals surface area contributed by atoms with Crippen LogP contribution < -0.4 is 10.1 Å². The van der Waals surface area contributed by atoms with Crippen molar-refractivity contribution in [3.8, 4) is 5.75 Å². The maximum absolute atomic E-state index is 13.6. The molecule has 0 unspecified atom stereocenters. The third kappa shape index (κ3) is 5.25. The van der Waals surface area contributed by atoms with E-state index in [0.717, 1.165) is 23.2 Å². The summed E-state index contributed by atoms with van der Waals surface area (Å²) < 4.78 is 11.1. The van der Waals surface area contributed by atoms with Gasteiger partial charge >= 0.3 is 0 Å². The van der Waals surface area contributed by atoms with Gasteiger partial charge in [0.25, 0.3) is 5.91 Å². The fourth-order valence-corrected chi connectivity index (χ4v) is 4.53. The highest BCUT2D eigenvalue weighted by molar-refractivity contribution is 5.99. The van der Waals surface area contributed by atoms with Crippen molar-refractivity contribution in [2.45, 2.75) is 6.42 Å². The molecule has 5 rings (SSSR count). The summed E-state index contributed by atoms with van der Waals surface area (Å²) >= 11 is 0. The second-order valence-electron chi connectivity index (χ2n) is 8.66. The molecule has 2 aromatic heterocycles. The van der Waals surface area contributed by atoms with E-state index in [1.807, 2.05) is 47.6 Å². The van der Waals surface area contributed by atoms with E-state index in [1.54, 1.807) is 19.4 Å². The van der Waals surface area contributed by atoms with Gasteiger partial charge in [-0.05, 0) is 59.8 Å².